The molecular weight excluding hydrogens is 873 g/mol. The predicted octanol–water partition coefficient (Wildman–Crippen LogP) is 10.5. The summed E-state index contributed by atoms with van der Waals surface area (Å²) in [6, 6.07) is 33.5. The highest BCUT2D eigenvalue weighted by Gasteiger charge is 2.41. The minimum atomic E-state index is -0.288. The van der Waals surface area contributed by atoms with E-state index in [0.717, 1.165) is 87.6 Å². The average Bonchev–Trinajstić information content (AvgIpc) is 4.31. The maximum absolute atomic E-state index is 13.1. The van der Waals surface area contributed by atoms with Gasteiger partial charge in [-0.25, -0.2) is 9.59 Å². The molecule has 12 heteroatoms. The zero-order valence-corrected chi connectivity index (χ0v) is 40.9. The van der Waals surface area contributed by atoms with Gasteiger partial charge in [-0.3, -0.25) is 0 Å². The van der Waals surface area contributed by atoms with E-state index in [0.29, 0.717) is 51.4 Å². The van der Waals surface area contributed by atoms with Gasteiger partial charge in [0.2, 0.25) is 0 Å². The molecule has 2 saturated carbocycles. The number of carbonyl (C=O) groups excluding carboxylic acids is 2. The zero-order chi connectivity index (χ0) is 47.5. The first-order valence-electron chi connectivity index (χ1n) is 25.5. The maximum Gasteiger partial charge on any atom is 0.410 e. The Labute approximate surface area is 407 Å². The van der Waals surface area contributed by atoms with Gasteiger partial charge in [-0.1, -0.05) is 76.2 Å². The Hall–Kier alpha value is -5.46. The van der Waals surface area contributed by atoms with Crippen molar-refractivity contribution < 1.29 is 47.5 Å². The summed E-state index contributed by atoms with van der Waals surface area (Å²) in [6.45, 7) is 13.4. The molecule has 4 heterocycles. The number of nitrogens with zero attached hydrogens (tertiary/aromatic N) is 2. The molecule has 4 aliphatic heterocycles. The Morgan fingerprint density at radius 3 is 0.986 bits per heavy atom. The second-order valence-corrected chi connectivity index (χ2v) is 21.4. The number of amides is 2. The molecule has 4 saturated heterocycles. The fourth-order valence-corrected chi connectivity index (χ4v) is 11.0. The molecule has 0 bridgehead atoms. The molecule has 12 nitrogen and oxygen atoms in total. The molecule has 10 rings (SSSR count). The smallest absolute Gasteiger partial charge is 0.410 e. The van der Waals surface area contributed by atoms with E-state index in [-0.39, 0.29) is 59.5 Å². The fraction of sp³-hybridized carbons (Fsp3) is 0.544. The third kappa shape index (κ3) is 11.6. The van der Waals surface area contributed by atoms with Crippen LogP contribution in [0.25, 0.3) is 0 Å². The molecular formula is C57H70N2O10. The van der Waals surface area contributed by atoms with E-state index >= 15 is 0 Å². The number of ether oxygens (including phenoxy) is 8. The lowest BCUT2D eigenvalue weighted by Gasteiger charge is -2.37. The lowest BCUT2D eigenvalue weighted by molar-refractivity contribution is 0.0978. The van der Waals surface area contributed by atoms with Crippen molar-refractivity contribution in [2.75, 3.05) is 52.7 Å². The van der Waals surface area contributed by atoms with Crippen LogP contribution in [-0.4, -0.2) is 111 Å². The molecule has 368 valence electrons. The van der Waals surface area contributed by atoms with Crippen LogP contribution < -0.4 is 18.9 Å². The van der Waals surface area contributed by atoms with Crippen LogP contribution in [0.1, 0.15) is 108 Å². The van der Waals surface area contributed by atoms with Gasteiger partial charge < -0.3 is 47.7 Å². The minimum Gasteiger partial charge on any atom is -0.491 e. The summed E-state index contributed by atoms with van der Waals surface area (Å²) >= 11 is 0. The number of carbonyl (C=O) groups is 2. The summed E-state index contributed by atoms with van der Waals surface area (Å²) in [5.74, 6) is 4.59. The predicted molar refractivity (Wildman–Crippen MR) is 262 cm³/mol. The topological polar surface area (TPSA) is 121 Å². The second kappa shape index (κ2) is 20.5. The van der Waals surface area contributed by atoms with Crippen LogP contribution in [0.3, 0.4) is 0 Å². The molecule has 4 aromatic rings. The van der Waals surface area contributed by atoms with Crippen molar-refractivity contribution in [3.63, 3.8) is 0 Å². The summed E-state index contributed by atoms with van der Waals surface area (Å²) in [4.78, 5) is 30.0. The third-order valence-corrected chi connectivity index (χ3v) is 15.8. The van der Waals surface area contributed by atoms with E-state index in [1.807, 2.05) is 58.3 Å². The molecule has 0 N–H and O–H groups in total. The van der Waals surface area contributed by atoms with Crippen molar-refractivity contribution in [2.45, 2.75) is 133 Å². The summed E-state index contributed by atoms with van der Waals surface area (Å²) in [5.41, 5.74) is 4.38. The Morgan fingerprint density at radius 2 is 0.710 bits per heavy atom. The number of epoxide rings is 2. The Bertz CT molecular complexity index is 2160. The van der Waals surface area contributed by atoms with Gasteiger partial charge in [0.15, 0.2) is 12.2 Å². The lowest BCUT2D eigenvalue weighted by Crippen LogP contribution is -2.40. The molecule has 2 aliphatic carbocycles. The van der Waals surface area contributed by atoms with Crippen molar-refractivity contribution in [2.24, 2.45) is 11.8 Å². The highest BCUT2D eigenvalue weighted by atomic mass is 16.6. The largest absolute Gasteiger partial charge is 0.491 e. The van der Waals surface area contributed by atoms with Gasteiger partial charge in [0, 0.05) is 22.9 Å². The van der Waals surface area contributed by atoms with Crippen LogP contribution >= 0.6 is 0 Å². The van der Waals surface area contributed by atoms with Gasteiger partial charge in [-0.05, 0) is 140 Å². The monoisotopic (exact) mass is 943 g/mol. The third-order valence-electron chi connectivity index (χ3n) is 15.8. The summed E-state index contributed by atoms with van der Waals surface area (Å²) < 4.78 is 46.1. The van der Waals surface area contributed by atoms with Crippen LogP contribution in [-0.2, 0) is 29.8 Å². The first kappa shape index (κ1) is 47.2. The standard InChI is InChI=1S/C57H70N2O10/c1-56(2,42-13-25-48(26-14-42)64-34-52-36-66-52)40-9-21-46(22-10-40)62-32-50-30-58(54(60)68-50)44-17-5-38(6-18-44)29-39-7-19-45(20-8-39)59-31-51(69-55(59)61)33-63-47-23-11-41(12-24-47)57(3,4)43-15-27-49(28-16-43)65-35-53-37-67-53/h9-16,21-28,38-39,44-45,50-53H,5-8,17-20,29-37H2,1-4H3. The van der Waals surface area contributed by atoms with Gasteiger partial charge in [0.05, 0.1) is 26.3 Å². The van der Waals surface area contributed by atoms with Gasteiger partial charge in [-0.15, -0.1) is 0 Å². The van der Waals surface area contributed by atoms with Crippen molar-refractivity contribution >= 4 is 12.2 Å². The molecule has 4 aromatic carbocycles. The Kier molecular flexibility index (Phi) is 14.0. The van der Waals surface area contributed by atoms with Crippen molar-refractivity contribution in [1.29, 1.82) is 0 Å². The second-order valence-electron chi connectivity index (χ2n) is 21.4. The van der Waals surface area contributed by atoms with E-state index in [1.54, 1.807) is 0 Å². The molecule has 0 radical (unpaired) electrons. The van der Waals surface area contributed by atoms with Gasteiger partial charge in [0.1, 0.15) is 61.6 Å². The molecule has 2 amide bonds. The molecule has 6 aliphatic rings. The van der Waals surface area contributed by atoms with E-state index in [1.165, 1.54) is 28.7 Å². The SMILES string of the molecule is CC(C)(c1ccc(OCC2CO2)cc1)c1ccc(OCC2CN(C3CCC(CC4CCC(N5CC(COc6ccc(C(C)(C)c7ccc(OCC8CO8)cc7)cc6)OC5=O)CC4)CC3)C(=O)O2)cc1. The van der Waals surface area contributed by atoms with Crippen LogP contribution in [0.5, 0.6) is 23.0 Å². The first-order chi connectivity index (χ1) is 33.4. The zero-order valence-electron chi connectivity index (χ0n) is 40.9. The number of rotatable bonds is 20. The number of benzene rings is 4. The van der Waals surface area contributed by atoms with Crippen molar-refractivity contribution in [1.82, 2.24) is 9.80 Å². The number of cyclic esters (lactones) is 2. The number of hydrogen-bond acceptors (Lipinski definition) is 10. The summed E-state index contributed by atoms with van der Waals surface area (Å²) in [7, 11) is 0. The quantitative estimate of drug-likeness (QED) is 0.0792. The summed E-state index contributed by atoms with van der Waals surface area (Å²) in [6.07, 6.45) is 9.27. The molecule has 4 atom stereocenters. The highest BCUT2D eigenvalue weighted by molar-refractivity contribution is 5.71. The molecule has 6 fully saturated rings. The maximum atomic E-state index is 13.1. The van der Waals surface area contributed by atoms with Crippen LogP contribution in [0, 0.1) is 11.8 Å². The Morgan fingerprint density at radius 1 is 0.435 bits per heavy atom. The van der Waals surface area contributed by atoms with E-state index in [4.69, 9.17) is 37.9 Å². The van der Waals surface area contributed by atoms with Crippen LogP contribution in [0.4, 0.5) is 9.59 Å². The normalized spacial score (nSPS) is 26.8. The van der Waals surface area contributed by atoms with Gasteiger partial charge in [0.25, 0.3) is 0 Å². The average molecular weight is 943 g/mol. The molecule has 69 heavy (non-hydrogen) atoms. The fourth-order valence-electron chi connectivity index (χ4n) is 11.0. The minimum absolute atomic E-state index is 0.198. The number of hydrogen-bond donors (Lipinski definition) is 0. The van der Waals surface area contributed by atoms with E-state index in [2.05, 4.69) is 76.2 Å². The van der Waals surface area contributed by atoms with E-state index < -0.39 is 0 Å². The van der Waals surface area contributed by atoms with Crippen molar-refractivity contribution in [3.05, 3.63) is 119 Å². The van der Waals surface area contributed by atoms with Gasteiger partial charge >= 0.3 is 12.2 Å². The van der Waals surface area contributed by atoms with Crippen molar-refractivity contribution in [3.8, 4) is 23.0 Å². The highest BCUT2D eigenvalue weighted by Crippen LogP contribution is 2.40. The molecule has 4 unspecified atom stereocenters. The van der Waals surface area contributed by atoms with Gasteiger partial charge in [-0.2, -0.15) is 0 Å². The first-order valence-corrected chi connectivity index (χ1v) is 25.5. The Balaban J connectivity index is 0.607. The summed E-state index contributed by atoms with van der Waals surface area (Å²) in [5, 5.41) is 0. The molecule has 0 aromatic heterocycles. The van der Waals surface area contributed by atoms with Crippen LogP contribution in [0.2, 0.25) is 0 Å². The van der Waals surface area contributed by atoms with E-state index in [9.17, 15) is 9.59 Å². The lowest BCUT2D eigenvalue weighted by atomic mass is 9.75. The van der Waals surface area contributed by atoms with Crippen LogP contribution in [0.15, 0.2) is 97.1 Å². The molecule has 0 spiro atoms.